The van der Waals surface area contributed by atoms with Gasteiger partial charge in [-0.2, -0.15) is 0 Å². The molecule has 0 heterocycles. The highest BCUT2D eigenvalue weighted by atomic mass is 35.5. The number of halogens is 2. The smallest absolute Gasteiger partial charge is 0.257 e. The zero-order chi connectivity index (χ0) is 21.4. The van der Waals surface area contributed by atoms with Crippen LogP contribution in [0, 0.1) is 0 Å². The number of carbonyl (C=O) groups is 1. The Morgan fingerprint density at radius 3 is 1.90 bits per heavy atom. The monoisotopic (exact) mass is 456 g/mol. The Balaban J connectivity index is 2.23. The third kappa shape index (κ3) is 6.66. The van der Waals surface area contributed by atoms with Gasteiger partial charge in [0.25, 0.3) is 5.91 Å². The molecule has 0 aromatic heterocycles. The SMILES string of the molecule is CCOc1cc(C(=O)NC(=S)Nc2cc(Cl)cc(Cl)c2)cc(OCC)c1OCC. The molecule has 2 aromatic carbocycles. The van der Waals surface area contributed by atoms with E-state index in [-0.39, 0.29) is 5.11 Å². The molecule has 156 valence electrons. The fourth-order valence-corrected chi connectivity index (χ4v) is 3.22. The van der Waals surface area contributed by atoms with E-state index in [1.54, 1.807) is 30.3 Å². The minimum Gasteiger partial charge on any atom is -0.490 e. The first kappa shape index (κ1) is 23.1. The summed E-state index contributed by atoms with van der Waals surface area (Å²) in [4.78, 5) is 12.7. The van der Waals surface area contributed by atoms with Crippen LogP contribution < -0.4 is 24.8 Å². The summed E-state index contributed by atoms with van der Waals surface area (Å²) in [7, 11) is 0. The van der Waals surface area contributed by atoms with Crippen LogP contribution in [0.4, 0.5) is 5.69 Å². The molecule has 0 spiro atoms. The lowest BCUT2D eigenvalue weighted by Crippen LogP contribution is -2.34. The number of rotatable bonds is 8. The third-order valence-corrected chi connectivity index (χ3v) is 4.16. The molecule has 0 saturated heterocycles. The van der Waals surface area contributed by atoms with E-state index < -0.39 is 5.91 Å². The predicted octanol–water partition coefficient (Wildman–Crippen LogP) is 5.32. The van der Waals surface area contributed by atoms with E-state index in [0.29, 0.717) is 58.4 Å². The molecular formula is C20H22Cl2N2O4S. The Morgan fingerprint density at radius 2 is 1.41 bits per heavy atom. The van der Waals surface area contributed by atoms with E-state index in [2.05, 4.69) is 10.6 Å². The van der Waals surface area contributed by atoms with Crippen molar-refractivity contribution < 1.29 is 19.0 Å². The molecule has 29 heavy (non-hydrogen) atoms. The van der Waals surface area contributed by atoms with Crippen LogP contribution in [0.3, 0.4) is 0 Å². The van der Waals surface area contributed by atoms with E-state index in [1.165, 1.54) is 0 Å². The second kappa shape index (κ2) is 11.1. The average molecular weight is 457 g/mol. The van der Waals surface area contributed by atoms with Crippen LogP contribution in [0.5, 0.6) is 17.2 Å². The number of hydrogen-bond donors (Lipinski definition) is 2. The van der Waals surface area contributed by atoms with Crippen LogP contribution in [0.25, 0.3) is 0 Å². The molecule has 0 radical (unpaired) electrons. The fraction of sp³-hybridized carbons (Fsp3) is 0.300. The number of thiocarbonyl (C=S) groups is 1. The first-order chi connectivity index (χ1) is 13.9. The molecule has 1 amide bonds. The zero-order valence-corrected chi connectivity index (χ0v) is 18.6. The number of nitrogens with one attached hydrogen (secondary N) is 2. The Labute approximate surface area is 185 Å². The second-order valence-electron chi connectivity index (χ2n) is 5.67. The summed E-state index contributed by atoms with van der Waals surface area (Å²) in [5.74, 6) is 0.875. The average Bonchev–Trinajstić information content (AvgIpc) is 2.63. The minimum atomic E-state index is -0.430. The Kier molecular flexibility index (Phi) is 8.82. The predicted molar refractivity (Wildman–Crippen MR) is 120 cm³/mol. The van der Waals surface area contributed by atoms with Gasteiger partial charge in [-0.15, -0.1) is 0 Å². The molecule has 2 N–H and O–H groups in total. The number of ether oxygens (including phenoxy) is 3. The lowest BCUT2D eigenvalue weighted by molar-refractivity contribution is 0.0976. The summed E-state index contributed by atoms with van der Waals surface area (Å²) in [6, 6.07) is 8.06. The van der Waals surface area contributed by atoms with Crippen molar-refractivity contribution in [3.63, 3.8) is 0 Å². The van der Waals surface area contributed by atoms with Gasteiger partial charge in [0.15, 0.2) is 16.6 Å². The van der Waals surface area contributed by atoms with Crippen molar-refractivity contribution >= 4 is 52.1 Å². The van der Waals surface area contributed by atoms with Gasteiger partial charge >= 0.3 is 0 Å². The van der Waals surface area contributed by atoms with E-state index in [0.717, 1.165) is 0 Å². The van der Waals surface area contributed by atoms with Gasteiger partial charge in [-0.25, -0.2) is 0 Å². The van der Waals surface area contributed by atoms with Gasteiger partial charge < -0.3 is 19.5 Å². The van der Waals surface area contributed by atoms with Crippen LogP contribution in [0.1, 0.15) is 31.1 Å². The molecule has 0 fully saturated rings. The third-order valence-electron chi connectivity index (χ3n) is 3.52. The first-order valence-electron chi connectivity index (χ1n) is 9.02. The van der Waals surface area contributed by atoms with Crippen LogP contribution in [0.2, 0.25) is 10.0 Å². The maximum absolute atomic E-state index is 12.7. The normalized spacial score (nSPS) is 10.2. The maximum atomic E-state index is 12.7. The minimum absolute atomic E-state index is 0.0955. The summed E-state index contributed by atoms with van der Waals surface area (Å²) in [5.41, 5.74) is 0.873. The molecule has 0 saturated carbocycles. The van der Waals surface area contributed by atoms with Gasteiger partial charge in [-0.05, 0) is 63.3 Å². The highest BCUT2D eigenvalue weighted by Crippen LogP contribution is 2.39. The van der Waals surface area contributed by atoms with Gasteiger partial charge in [-0.1, -0.05) is 23.2 Å². The highest BCUT2D eigenvalue weighted by molar-refractivity contribution is 7.80. The fourth-order valence-electron chi connectivity index (χ4n) is 2.48. The molecule has 0 aliphatic carbocycles. The van der Waals surface area contributed by atoms with Crippen LogP contribution >= 0.6 is 35.4 Å². The van der Waals surface area contributed by atoms with Crippen molar-refractivity contribution in [2.24, 2.45) is 0 Å². The van der Waals surface area contributed by atoms with Gasteiger partial charge in [0, 0.05) is 21.3 Å². The molecule has 2 aromatic rings. The second-order valence-corrected chi connectivity index (χ2v) is 6.95. The molecule has 0 aliphatic rings. The topological polar surface area (TPSA) is 68.8 Å². The summed E-state index contributed by atoms with van der Waals surface area (Å²) in [6.45, 7) is 6.80. The molecule has 0 unspecified atom stereocenters. The van der Waals surface area contributed by atoms with E-state index >= 15 is 0 Å². The van der Waals surface area contributed by atoms with Crippen molar-refractivity contribution in [3.8, 4) is 17.2 Å². The van der Waals surface area contributed by atoms with Gasteiger partial charge in [0.05, 0.1) is 19.8 Å². The van der Waals surface area contributed by atoms with Crippen molar-refractivity contribution in [2.75, 3.05) is 25.1 Å². The molecule has 2 rings (SSSR count). The van der Waals surface area contributed by atoms with Crippen molar-refractivity contribution in [3.05, 3.63) is 45.9 Å². The lowest BCUT2D eigenvalue weighted by atomic mass is 10.1. The first-order valence-corrected chi connectivity index (χ1v) is 10.2. The number of carbonyl (C=O) groups excluding carboxylic acids is 1. The Bertz CT molecular complexity index is 846. The number of anilines is 1. The summed E-state index contributed by atoms with van der Waals surface area (Å²) < 4.78 is 16.9. The van der Waals surface area contributed by atoms with Crippen LogP contribution in [-0.4, -0.2) is 30.8 Å². The van der Waals surface area contributed by atoms with Crippen molar-refractivity contribution in [1.29, 1.82) is 0 Å². The number of benzene rings is 2. The maximum Gasteiger partial charge on any atom is 0.257 e. The highest BCUT2D eigenvalue weighted by Gasteiger charge is 2.19. The zero-order valence-electron chi connectivity index (χ0n) is 16.3. The van der Waals surface area contributed by atoms with Crippen LogP contribution in [0.15, 0.2) is 30.3 Å². The van der Waals surface area contributed by atoms with Crippen LogP contribution in [-0.2, 0) is 0 Å². The molecular weight excluding hydrogens is 435 g/mol. The summed E-state index contributed by atoms with van der Waals surface area (Å²) in [6.07, 6.45) is 0. The molecule has 0 aliphatic heterocycles. The largest absolute Gasteiger partial charge is 0.490 e. The standard InChI is InChI=1S/C20H22Cl2N2O4S/c1-4-26-16-7-12(8-17(27-5-2)18(16)28-6-3)19(25)24-20(29)23-15-10-13(21)9-14(22)11-15/h7-11H,4-6H2,1-3H3,(H2,23,24,25,29). The Hall–Kier alpha value is -2.22. The van der Waals surface area contributed by atoms with Gasteiger partial charge in [-0.3, -0.25) is 10.1 Å². The molecule has 0 bridgehead atoms. The van der Waals surface area contributed by atoms with Crippen molar-refractivity contribution in [1.82, 2.24) is 5.32 Å². The van der Waals surface area contributed by atoms with E-state index in [1.807, 2.05) is 20.8 Å². The number of amides is 1. The van der Waals surface area contributed by atoms with E-state index in [4.69, 9.17) is 49.6 Å². The lowest BCUT2D eigenvalue weighted by Gasteiger charge is -2.17. The molecule has 9 heteroatoms. The van der Waals surface area contributed by atoms with E-state index in [9.17, 15) is 4.79 Å². The quantitative estimate of drug-likeness (QED) is 0.524. The summed E-state index contributed by atoms with van der Waals surface area (Å²) in [5, 5.41) is 6.49. The van der Waals surface area contributed by atoms with Gasteiger partial charge in [0.2, 0.25) is 5.75 Å². The number of hydrogen-bond acceptors (Lipinski definition) is 5. The van der Waals surface area contributed by atoms with Gasteiger partial charge in [0.1, 0.15) is 0 Å². The molecule has 0 atom stereocenters. The summed E-state index contributed by atoms with van der Waals surface area (Å²) >= 11 is 17.2. The molecule has 6 nitrogen and oxygen atoms in total. The van der Waals surface area contributed by atoms with Crippen molar-refractivity contribution in [2.45, 2.75) is 20.8 Å². The Morgan fingerprint density at radius 1 is 0.897 bits per heavy atom.